The largest absolute Gasteiger partial charge is 0.493 e. The summed E-state index contributed by atoms with van der Waals surface area (Å²) >= 11 is 0. The highest BCUT2D eigenvalue weighted by Crippen LogP contribution is 2.49. The maximum Gasteiger partial charge on any atom is 0.308 e. The van der Waals surface area contributed by atoms with E-state index in [1.165, 1.54) is 21.0 Å². The molecule has 3 rings (SSSR count). The van der Waals surface area contributed by atoms with E-state index >= 15 is 0 Å². The molecule has 0 aliphatic heterocycles. The Labute approximate surface area is 150 Å². The topological polar surface area (TPSA) is 75.0 Å². The Kier molecular flexibility index (Phi) is 4.36. The Morgan fingerprint density at radius 2 is 1.50 bits per heavy atom. The zero-order valence-corrected chi connectivity index (χ0v) is 15.6. The minimum Gasteiger partial charge on any atom is -0.493 e. The second-order valence-electron chi connectivity index (χ2n) is 6.24. The monoisotopic (exact) mass is 356 g/mol. The molecule has 0 saturated carbocycles. The first-order valence-corrected chi connectivity index (χ1v) is 8.14. The molecule has 0 spiro atoms. The molecule has 2 aromatic carbocycles. The van der Waals surface area contributed by atoms with E-state index in [1.807, 2.05) is 20.8 Å². The van der Waals surface area contributed by atoms with Gasteiger partial charge in [-0.2, -0.15) is 0 Å². The van der Waals surface area contributed by atoms with Crippen LogP contribution < -0.4 is 14.2 Å². The van der Waals surface area contributed by atoms with E-state index in [-0.39, 0.29) is 11.5 Å². The fourth-order valence-electron chi connectivity index (χ4n) is 3.42. The molecule has 26 heavy (non-hydrogen) atoms. The zero-order chi connectivity index (χ0) is 19.2. The second-order valence-corrected chi connectivity index (χ2v) is 6.24. The lowest BCUT2D eigenvalue weighted by molar-refractivity contribution is -0.132. The molecule has 0 N–H and O–H groups in total. The number of carbonyl (C=O) groups excluding carboxylic acids is 2. The van der Waals surface area contributed by atoms with Gasteiger partial charge in [0.25, 0.3) is 0 Å². The van der Waals surface area contributed by atoms with E-state index in [2.05, 4.69) is 0 Å². The van der Waals surface area contributed by atoms with Crippen molar-refractivity contribution < 1.29 is 28.2 Å². The van der Waals surface area contributed by atoms with Crippen molar-refractivity contribution in [3.63, 3.8) is 0 Å². The SMILES string of the molecule is COc1cc(C)c2c(C)c3c(C)coc3c(OC(C)=O)c2c1OC(C)=O. The standard InChI is InChI=1S/C20H20O6/c1-9-7-14(23-6)18(25-12(4)21)17-15(9)11(3)16-10(2)8-24-19(16)20(17)26-13(5)22/h7-8H,1-6H3. The first-order valence-electron chi connectivity index (χ1n) is 8.14. The molecule has 1 aromatic heterocycles. The highest BCUT2D eigenvalue weighted by molar-refractivity contribution is 6.13. The molecule has 0 aliphatic carbocycles. The predicted octanol–water partition coefficient (Wildman–Crippen LogP) is 4.37. The summed E-state index contributed by atoms with van der Waals surface area (Å²) in [7, 11) is 1.49. The number of furan rings is 1. The maximum atomic E-state index is 11.8. The van der Waals surface area contributed by atoms with Gasteiger partial charge in [-0.15, -0.1) is 0 Å². The van der Waals surface area contributed by atoms with Gasteiger partial charge in [0.15, 0.2) is 22.8 Å². The molecule has 0 unspecified atom stereocenters. The first-order chi connectivity index (χ1) is 12.3. The van der Waals surface area contributed by atoms with Gasteiger partial charge in [-0.3, -0.25) is 9.59 Å². The third kappa shape index (κ3) is 2.67. The molecule has 6 nitrogen and oxygen atoms in total. The first kappa shape index (κ1) is 17.8. The van der Waals surface area contributed by atoms with Gasteiger partial charge in [-0.1, -0.05) is 0 Å². The van der Waals surface area contributed by atoms with Crippen molar-refractivity contribution in [2.75, 3.05) is 7.11 Å². The van der Waals surface area contributed by atoms with Gasteiger partial charge in [0, 0.05) is 19.2 Å². The Bertz CT molecular complexity index is 1060. The van der Waals surface area contributed by atoms with E-state index < -0.39 is 11.9 Å². The molecule has 0 amide bonds. The minimum absolute atomic E-state index is 0.205. The van der Waals surface area contributed by atoms with Crippen LogP contribution in [0, 0.1) is 20.8 Å². The fourth-order valence-corrected chi connectivity index (χ4v) is 3.42. The van der Waals surface area contributed by atoms with Crippen LogP contribution in [-0.4, -0.2) is 19.0 Å². The van der Waals surface area contributed by atoms with Gasteiger partial charge >= 0.3 is 11.9 Å². The molecule has 0 fully saturated rings. The Morgan fingerprint density at radius 3 is 2.08 bits per heavy atom. The molecular formula is C20H20O6. The van der Waals surface area contributed by atoms with E-state index in [0.717, 1.165) is 27.5 Å². The number of aryl methyl sites for hydroxylation is 3. The number of methoxy groups -OCH3 is 1. The Hall–Kier alpha value is -3.02. The lowest BCUT2D eigenvalue weighted by Gasteiger charge is -2.18. The van der Waals surface area contributed by atoms with Gasteiger partial charge in [-0.05, 0) is 48.9 Å². The number of hydrogen-bond acceptors (Lipinski definition) is 6. The summed E-state index contributed by atoms with van der Waals surface area (Å²) in [5, 5.41) is 2.18. The summed E-state index contributed by atoms with van der Waals surface area (Å²) in [5.41, 5.74) is 3.22. The number of ether oxygens (including phenoxy) is 3. The molecule has 0 saturated heterocycles. The van der Waals surface area contributed by atoms with Crippen molar-refractivity contribution in [2.45, 2.75) is 34.6 Å². The Morgan fingerprint density at radius 1 is 0.885 bits per heavy atom. The highest BCUT2D eigenvalue weighted by atomic mass is 16.6. The van der Waals surface area contributed by atoms with Crippen LogP contribution in [0.25, 0.3) is 21.7 Å². The number of fused-ring (bicyclic) bond motifs is 2. The van der Waals surface area contributed by atoms with Crippen LogP contribution in [-0.2, 0) is 9.59 Å². The fraction of sp³-hybridized carbons (Fsp3) is 0.300. The smallest absolute Gasteiger partial charge is 0.308 e. The van der Waals surface area contributed by atoms with Crippen molar-refractivity contribution >= 4 is 33.7 Å². The molecule has 136 valence electrons. The van der Waals surface area contributed by atoms with Crippen molar-refractivity contribution in [3.8, 4) is 17.2 Å². The second kappa shape index (κ2) is 6.37. The van der Waals surface area contributed by atoms with Crippen molar-refractivity contribution in [1.29, 1.82) is 0 Å². The van der Waals surface area contributed by atoms with Crippen LogP contribution in [0.15, 0.2) is 16.7 Å². The summed E-state index contributed by atoms with van der Waals surface area (Å²) in [6.45, 7) is 8.43. The van der Waals surface area contributed by atoms with Gasteiger partial charge in [0.05, 0.1) is 18.8 Å². The molecule has 1 heterocycles. The summed E-state index contributed by atoms with van der Waals surface area (Å²) in [6, 6.07) is 1.80. The van der Waals surface area contributed by atoms with Crippen molar-refractivity contribution in [2.24, 2.45) is 0 Å². The number of hydrogen-bond donors (Lipinski definition) is 0. The molecule has 0 bridgehead atoms. The van der Waals surface area contributed by atoms with Crippen molar-refractivity contribution in [3.05, 3.63) is 29.0 Å². The van der Waals surface area contributed by atoms with E-state index in [1.54, 1.807) is 12.3 Å². The van der Waals surface area contributed by atoms with Crippen LogP contribution in [0.3, 0.4) is 0 Å². The quantitative estimate of drug-likeness (QED) is 0.512. The van der Waals surface area contributed by atoms with E-state index in [4.69, 9.17) is 18.6 Å². The molecule has 6 heteroatoms. The lowest BCUT2D eigenvalue weighted by Crippen LogP contribution is -2.08. The molecule has 0 atom stereocenters. The highest BCUT2D eigenvalue weighted by Gasteiger charge is 2.26. The van der Waals surface area contributed by atoms with E-state index in [0.29, 0.717) is 16.7 Å². The number of carbonyl (C=O) groups is 2. The maximum absolute atomic E-state index is 11.8. The molecule has 3 aromatic rings. The van der Waals surface area contributed by atoms with Crippen LogP contribution >= 0.6 is 0 Å². The lowest BCUT2D eigenvalue weighted by atomic mass is 9.94. The van der Waals surface area contributed by atoms with Crippen molar-refractivity contribution in [1.82, 2.24) is 0 Å². The van der Waals surface area contributed by atoms with Crippen LogP contribution in [0.2, 0.25) is 0 Å². The van der Waals surface area contributed by atoms with Crippen LogP contribution in [0.1, 0.15) is 30.5 Å². The number of benzene rings is 2. The summed E-state index contributed by atoms with van der Waals surface area (Å²) in [6.07, 6.45) is 1.61. The molecule has 0 aliphatic rings. The normalized spacial score (nSPS) is 11.0. The third-order valence-electron chi connectivity index (χ3n) is 4.31. The summed E-state index contributed by atoms with van der Waals surface area (Å²) in [4.78, 5) is 23.4. The minimum atomic E-state index is -0.504. The average molecular weight is 356 g/mol. The zero-order valence-electron chi connectivity index (χ0n) is 15.6. The van der Waals surface area contributed by atoms with Gasteiger partial charge in [0.1, 0.15) is 0 Å². The van der Waals surface area contributed by atoms with Gasteiger partial charge in [0.2, 0.25) is 0 Å². The van der Waals surface area contributed by atoms with E-state index in [9.17, 15) is 9.59 Å². The predicted molar refractivity (Wildman–Crippen MR) is 97.1 cm³/mol. The molecule has 0 radical (unpaired) electrons. The average Bonchev–Trinajstić information content (AvgIpc) is 2.94. The van der Waals surface area contributed by atoms with Gasteiger partial charge in [-0.25, -0.2) is 0 Å². The van der Waals surface area contributed by atoms with Gasteiger partial charge < -0.3 is 18.6 Å². The summed E-state index contributed by atoms with van der Waals surface area (Å²) < 4.78 is 22.0. The summed E-state index contributed by atoms with van der Waals surface area (Å²) in [5.74, 6) is -0.202. The third-order valence-corrected chi connectivity index (χ3v) is 4.31. The number of esters is 2. The number of rotatable bonds is 3. The van der Waals surface area contributed by atoms with Crippen LogP contribution in [0.5, 0.6) is 17.2 Å². The van der Waals surface area contributed by atoms with Crippen LogP contribution in [0.4, 0.5) is 0 Å². The Balaban J connectivity index is 2.62. The molecular weight excluding hydrogens is 336 g/mol.